The summed E-state index contributed by atoms with van der Waals surface area (Å²) in [4.78, 5) is 0. The highest BCUT2D eigenvalue weighted by Crippen LogP contribution is 2.25. The molecule has 1 aromatic rings. The van der Waals surface area contributed by atoms with Gasteiger partial charge in [-0.1, -0.05) is 6.92 Å². The second kappa shape index (κ2) is 5.46. The number of nitrogens with zero attached hydrogens (tertiary/aromatic N) is 2. The third kappa shape index (κ3) is 2.62. The lowest BCUT2D eigenvalue weighted by Gasteiger charge is -2.29. The standard InChI is InChI=1S/C12H23N3O/c1-4-12(8-13,9-16)7-11-6-10(3)14-15(11)5-2/h6,16H,4-5,7-9,13H2,1-3H3. The number of rotatable bonds is 6. The van der Waals surface area contributed by atoms with E-state index in [-0.39, 0.29) is 12.0 Å². The van der Waals surface area contributed by atoms with Crippen LogP contribution in [0.5, 0.6) is 0 Å². The molecule has 0 bridgehead atoms. The van der Waals surface area contributed by atoms with Gasteiger partial charge >= 0.3 is 0 Å². The van der Waals surface area contributed by atoms with Gasteiger partial charge in [0.15, 0.2) is 0 Å². The summed E-state index contributed by atoms with van der Waals surface area (Å²) in [5, 5.41) is 13.9. The van der Waals surface area contributed by atoms with Crippen molar-refractivity contribution >= 4 is 0 Å². The molecule has 0 saturated carbocycles. The average Bonchev–Trinajstić information content (AvgIpc) is 2.66. The molecule has 0 aliphatic rings. The maximum absolute atomic E-state index is 9.50. The van der Waals surface area contributed by atoms with Gasteiger partial charge in [-0.3, -0.25) is 4.68 Å². The lowest BCUT2D eigenvalue weighted by atomic mass is 9.81. The summed E-state index contributed by atoms with van der Waals surface area (Å²) in [5.41, 5.74) is 7.78. The SMILES string of the molecule is CCn1nc(C)cc1CC(CC)(CN)CO. The first-order valence-electron chi connectivity index (χ1n) is 5.95. The topological polar surface area (TPSA) is 64.1 Å². The van der Waals surface area contributed by atoms with E-state index in [0.717, 1.165) is 25.1 Å². The number of aliphatic hydroxyl groups excluding tert-OH is 1. The molecular weight excluding hydrogens is 202 g/mol. The molecule has 4 nitrogen and oxygen atoms in total. The Morgan fingerprint density at radius 3 is 2.62 bits per heavy atom. The van der Waals surface area contributed by atoms with Crippen molar-refractivity contribution in [3.63, 3.8) is 0 Å². The van der Waals surface area contributed by atoms with Crippen LogP contribution in [0.15, 0.2) is 6.07 Å². The van der Waals surface area contributed by atoms with Gasteiger partial charge in [0.1, 0.15) is 0 Å². The Balaban J connectivity index is 2.92. The van der Waals surface area contributed by atoms with Crippen molar-refractivity contribution in [3.05, 3.63) is 17.5 Å². The molecule has 1 heterocycles. The molecule has 0 radical (unpaired) electrons. The van der Waals surface area contributed by atoms with Crippen LogP contribution in [-0.2, 0) is 13.0 Å². The minimum absolute atomic E-state index is 0.133. The maximum Gasteiger partial charge on any atom is 0.0596 e. The van der Waals surface area contributed by atoms with Crippen LogP contribution in [0.1, 0.15) is 31.7 Å². The monoisotopic (exact) mass is 225 g/mol. The fourth-order valence-electron chi connectivity index (χ4n) is 1.97. The van der Waals surface area contributed by atoms with E-state index in [1.54, 1.807) is 0 Å². The minimum atomic E-state index is -0.195. The lowest BCUT2D eigenvalue weighted by molar-refractivity contribution is 0.125. The van der Waals surface area contributed by atoms with Crippen LogP contribution in [0.3, 0.4) is 0 Å². The van der Waals surface area contributed by atoms with Gasteiger partial charge in [-0.05, 0) is 32.8 Å². The molecule has 16 heavy (non-hydrogen) atoms. The van der Waals surface area contributed by atoms with Crippen LogP contribution in [0, 0.1) is 12.3 Å². The Kier molecular flexibility index (Phi) is 4.50. The highest BCUT2D eigenvalue weighted by Gasteiger charge is 2.27. The third-order valence-corrected chi connectivity index (χ3v) is 3.36. The largest absolute Gasteiger partial charge is 0.396 e. The summed E-state index contributed by atoms with van der Waals surface area (Å²) in [7, 11) is 0. The molecule has 0 aromatic carbocycles. The van der Waals surface area contributed by atoms with Crippen molar-refractivity contribution in [1.82, 2.24) is 9.78 Å². The van der Waals surface area contributed by atoms with Gasteiger partial charge in [-0.2, -0.15) is 5.10 Å². The Morgan fingerprint density at radius 1 is 1.50 bits per heavy atom. The van der Waals surface area contributed by atoms with Crippen molar-refractivity contribution in [2.45, 2.75) is 40.2 Å². The van der Waals surface area contributed by atoms with E-state index in [1.165, 1.54) is 5.69 Å². The van der Waals surface area contributed by atoms with E-state index in [2.05, 4.69) is 25.0 Å². The van der Waals surface area contributed by atoms with Crippen molar-refractivity contribution in [3.8, 4) is 0 Å². The first-order chi connectivity index (χ1) is 7.60. The van der Waals surface area contributed by atoms with Crippen LogP contribution in [0.2, 0.25) is 0 Å². The van der Waals surface area contributed by atoms with Crippen LogP contribution >= 0.6 is 0 Å². The maximum atomic E-state index is 9.50. The Hall–Kier alpha value is -0.870. The fourth-order valence-corrected chi connectivity index (χ4v) is 1.97. The highest BCUT2D eigenvalue weighted by molar-refractivity contribution is 5.11. The molecule has 1 atom stereocenters. The molecule has 92 valence electrons. The second-order valence-electron chi connectivity index (χ2n) is 4.49. The zero-order valence-electron chi connectivity index (χ0n) is 10.5. The fraction of sp³-hybridized carbons (Fsp3) is 0.750. The van der Waals surface area contributed by atoms with Crippen molar-refractivity contribution < 1.29 is 5.11 Å². The van der Waals surface area contributed by atoms with Gasteiger partial charge in [-0.25, -0.2) is 0 Å². The molecule has 1 aromatic heterocycles. The van der Waals surface area contributed by atoms with E-state index in [9.17, 15) is 5.11 Å². The van der Waals surface area contributed by atoms with Gasteiger partial charge in [-0.15, -0.1) is 0 Å². The predicted molar refractivity (Wildman–Crippen MR) is 65.2 cm³/mol. The summed E-state index contributed by atoms with van der Waals surface area (Å²) >= 11 is 0. The van der Waals surface area contributed by atoms with Gasteiger partial charge < -0.3 is 10.8 Å². The number of aryl methyl sites for hydroxylation is 2. The van der Waals surface area contributed by atoms with Crippen molar-refractivity contribution in [2.75, 3.05) is 13.2 Å². The van der Waals surface area contributed by atoms with E-state index < -0.39 is 0 Å². The van der Waals surface area contributed by atoms with Crippen LogP contribution < -0.4 is 5.73 Å². The van der Waals surface area contributed by atoms with Crippen LogP contribution in [0.25, 0.3) is 0 Å². The van der Waals surface area contributed by atoms with Crippen molar-refractivity contribution in [1.29, 1.82) is 0 Å². The zero-order valence-corrected chi connectivity index (χ0v) is 10.5. The molecule has 3 N–H and O–H groups in total. The summed E-state index contributed by atoms with van der Waals surface area (Å²) in [6, 6.07) is 2.08. The quantitative estimate of drug-likeness (QED) is 0.762. The number of hydrogen-bond acceptors (Lipinski definition) is 3. The van der Waals surface area contributed by atoms with E-state index in [1.807, 2.05) is 11.6 Å². The molecule has 0 aliphatic carbocycles. The van der Waals surface area contributed by atoms with Crippen molar-refractivity contribution in [2.24, 2.45) is 11.1 Å². The number of nitrogens with two attached hydrogens (primary N) is 1. The Bertz CT molecular complexity index is 321. The first-order valence-corrected chi connectivity index (χ1v) is 5.95. The molecular formula is C12H23N3O. The summed E-state index contributed by atoms with van der Waals surface area (Å²) < 4.78 is 1.99. The molecule has 1 rings (SSSR count). The highest BCUT2D eigenvalue weighted by atomic mass is 16.3. The number of aliphatic hydroxyl groups is 1. The molecule has 0 aliphatic heterocycles. The Morgan fingerprint density at radius 2 is 2.19 bits per heavy atom. The van der Waals surface area contributed by atoms with Gasteiger partial charge in [0, 0.05) is 24.2 Å². The van der Waals surface area contributed by atoms with Crippen LogP contribution in [-0.4, -0.2) is 28.0 Å². The lowest BCUT2D eigenvalue weighted by Crippen LogP contribution is -2.36. The minimum Gasteiger partial charge on any atom is -0.396 e. The molecule has 0 fully saturated rings. The summed E-state index contributed by atoms with van der Waals surface area (Å²) in [5.74, 6) is 0. The van der Waals surface area contributed by atoms with Gasteiger partial charge in [0.25, 0.3) is 0 Å². The van der Waals surface area contributed by atoms with E-state index in [4.69, 9.17) is 5.73 Å². The molecule has 0 saturated heterocycles. The Labute approximate surface area is 97.5 Å². The molecule has 4 heteroatoms. The zero-order chi connectivity index (χ0) is 12.2. The first kappa shape index (κ1) is 13.2. The van der Waals surface area contributed by atoms with Crippen LogP contribution in [0.4, 0.5) is 0 Å². The molecule has 0 amide bonds. The number of hydrogen-bond donors (Lipinski definition) is 2. The molecule has 1 unspecified atom stereocenters. The van der Waals surface area contributed by atoms with Gasteiger partial charge in [0.2, 0.25) is 0 Å². The summed E-state index contributed by atoms with van der Waals surface area (Å²) in [6.45, 7) is 7.64. The molecule has 0 spiro atoms. The normalized spacial score (nSPS) is 15.1. The smallest absolute Gasteiger partial charge is 0.0596 e. The predicted octanol–water partition coefficient (Wildman–Crippen LogP) is 1.10. The van der Waals surface area contributed by atoms with E-state index in [0.29, 0.717) is 6.54 Å². The number of aromatic nitrogens is 2. The third-order valence-electron chi connectivity index (χ3n) is 3.36. The van der Waals surface area contributed by atoms with E-state index >= 15 is 0 Å². The van der Waals surface area contributed by atoms with Gasteiger partial charge in [0.05, 0.1) is 12.3 Å². The second-order valence-corrected chi connectivity index (χ2v) is 4.49. The average molecular weight is 225 g/mol. The summed E-state index contributed by atoms with van der Waals surface area (Å²) in [6.07, 6.45) is 1.68.